The van der Waals surface area contributed by atoms with Gasteiger partial charge in [-0.25, -0.2) is 0 Å². The zero-order valence-electron chi connectivity index (χ0n) is 10.7. The van der Waals surface area contributed by atoms with Crippen molar-refractivity contribution >= 4 is 11.6 Å². The summed E-state index contributed by atoms with van der Waals surface area (Å²) in [5, 5.41) is 13.9. The van der Waals surface area contributed by atoms with E-state index in [2.05, 4.69) is 5.32 Å². The molecular weight excluding hydrogens is 238 g/mol. The fraction of sp³-hybridized carbons (Fsp3) is 0.538. The average Bonchev–Trinajstić information content (AvgIpc) is 2.28. The lowest BCUT2D eigenvalue weighted by atomic mass is 10.1. The summed E-state index contributed by atoms with van der Waals surface area (Å²) >= 11 is 6.06. The number of nitrogens with one attached hydrogen (secondary N) is 1. The number of ether oxygens (including phenoxy) is 1. The summed E-state index contributed by atoms with van der Waals surface area (Å²) < 4.78 is 5.26. The van der Waals surface area contributed by atoms with Crippen molar-refractivity contribution in [1.29, 1.82) is 0 Å². The SMILES string of the molecule is COc1cc(C)c(Cl)cc1C(O)CNC(C)C. The first kappa shape index (κ1) is 14.3. The lowest BCUT2D eigenvalue weighted by molar-refractivity contribution is 0.167. The van der Waals surface area contributed by atoms with E-state index in [0.717, 1.165) is 11.1 Å². The van der Waals surface area contributed by atoms with Crippen LogP contribution in [0.4, 0.5) is 0 Å². The quantitative estimate of drug-likeness (QED) is 0.852. The Morgan fingerprint density at radius 3 is 2.59 bits per heavy atom. The highest BCUT2D eigenvalue weighted by Crippen LogP contribution is 2.30. The van der Waals surface area contributed by atoms with Crippen LogP contribution < -0.4 is 10.1 Å². The maximum Gasteiger partial charge on any atom is 0.125 e. The predicted octanol–water partition coefficient (Wildman–Crippen LogP) is 2.69. The molecule has 1 unspecified atom stereocenters. The number of benzene rings is 1. The molecule has 0 spiro atoms. The van der Waals surface area contributed by atoms with Gasteiger partial charge in [-0.2, -0.15) is 0 Å². The van der Waals surface area contributed by atoms with E-state index in [1.54, 1.807) is 13.2 Å². The third kappa shape index (κ3) is 3.87. The van der Waals surface area contributed by atoms with E-state index in [-0.39, 0.29) is 0 Å². The van der Waals surface area contributed by atoms with Crippen molar-refractivity contribution < 1.29 is 9.84 Å². The number of methoxy groups -OCH3 is 1. The van der Waals surface area contributed by atoms with Crippen LogP contribution in [0, 0.1) is 6.92 Å². The van der Waals surface area contributed by atoms with Crippen molar-refractivity contribution in [1.82, 2.24) is 5.32 Å². The van der Waals surface area contributed by atoms with E-state index in [1.165, 1.54) is 0 Å². The largest absolute Gasteiger partial charge is 0.496 e. The van der Waals surface area contributed by atoms with E-state index in [9.17, 15) is 5.11 Å². The van der Waals surface area contributed by atoms with Crippen molar-refractivity contribution in [2.45, 2.75) is 32.9 Å². The Labute approximate surface area is 108 Å². The lowest BCUT2D eigenvalue weighted by Crippen LogP contribution is -2.28. The van der Waals surface area contributed by atoms with Gasteiger partial charge < -0.3 is 15.2 Å². The van der Waals surface area contributed by atoms with Crippen molar-refractivity contribution in [2.24, 2.45) is 0 Å². The summed E-state index contributed by atoms with van der Waals surface area (Å²) in [5.74, 6) is 0.671. The maximum atomic E-state index is 10.1. The summed E-state index contributed by atoms with van der Waals surface area (Å²) in [6.07, 6.45) is -0.620. The molecule has 0 aromatic heterocycles. The van der Waals surface area contributed by atoms with Crippen LogP contribution in [0.5, 0.6) is 5.75 Å². The van der Waals surface area contributed by atoms with Crippen LogP contribution in [0.15, 0.2) is 12.1 Å². The molecule has 0 fully saturated rings. The Balaban J connectivity index is 2.91. The second kappa shape index (κ2) is 6.24. The van der Waals surface area contributed by atoms with Gasteiger partial charge in [-0.05, 0) is 24.6 Å². The third-order valence-corrected chi connectivity index (χ3v) is 3.00. The molecule has 0 amide bonds. The minimum atomic E-state index is -0.620. The first-order chi connectivity index (χ1) is 7.95. The Bertz CT molecular complexity index is 380. The molecule has 0 saturated carbocycles. The number of rotatable bonds is 5. The van der Waals surface area contributed by atoms with Gasteiger partial charge in [0.15, 0.2) is 0 Å². The molecule has 1 atom stereocenters. The molecule has 0 bridgehead atoms. The summed E-state index contributed by atoms with van der Waals surface area (Å²) in [5.41, 5.74) is 1.66. The van der Waals surface area contributed by atoms with Gasteiger partial charge in [0, 0.05) is 23.2 Å². The molecule has 0 aliphatic carbocycles. The Morgan fingerprint density at radius 1 is 1.41 bits per heavy atom. The van der Waals surface area contributed by atoms with Gasteiger partial charge in [0.1, 0.15) is 5.75 Å². The van der Waals surface area contributed by atoms with E-state index < -0.39 is 6.10 Å². The van der Waals surface area contributed by atoms with Gasteiger partial charge in [-0.15, -0.1) is 0 Å². The van der Waals surface area contributed by atoms with E-state index >= 15 is 0 Å². The summed E-state index contributed by atoms with van der Waals surface area (Å²) in [6, 6.07) is 3.94. The number of halogens is 1. The lowest BCUT2D eigenvalue weighted by Gasteiger charge is -2.18. The second-order valence-electron chi connectivity index (χ2n) is 4.42. The molecule has 1 aromatic carbocycles. The van der Waals surface area contributed by atoms with Gasteiger partial charge in [-0.1, -0.05) is 25.4 Å². The molecule has 0 aliphatic rings. The number of aliphatic hydroxyl groups is 1. The molecule has 17 heavy (non-hydrogen) atoms. The molecular formula is C13H20ClNO2. The minimum absolute atomic E-state index is 0.330. The van der Waals surface area contributed by atoms with Crippen molar-refractivity contribution in [2.75, 3.05) is 13.7 Å². The average molecular weight is 258 g/mol. The summed E-state index contributed by atoms with van der Waals surface area (Å²) in [6.45, 7) is 6.46. The number of aryl methyl sites for hydroxylation is 1. The number of aliphatic hydroxyl groups excluding tert-OH is 1. The number of hydrogen-bond acceptors (Lipinski definition) is 3. The molecule has 0 radical (unpaired) electrons. The van der Waals surface area contributed by atoms with Crippen LogP contribution >= 0.6 is 11.6 Å². The van der Waals surface area contributed by atoms with Crippen molar-refractivity contribution in [3.63, 3.8) is 0 Å². The molecule has 1 aromatic rings. The molecule has 1 rings (SSSR count). The topological polar surface area (TPSA) is 41.5 Å². The zero-order chi connectivity index (χ0) is 13.0. The predicted molar refractivity (Wildman–Crippen MR) is 70.8 cm³/mol. The minimum Gasteiger partial charge on any atom is -0.496 e. The Kier molecular flexibility index (Phi) is 5.25. The zero-order valence-corrected chi connectivity index (χ0v) is 11.5. The summed E-state index contributed by atoms with van der Waals surface area (Å²) in [7, 11) is 1.59. The van der Waals surface area contributed by atoms with Crippen LogP contribution in [0.25, 0.3) is 0 Å². The van der Waals surface area contributed by atoms with Crippen LogP contribution in [0.1, 0.15) is 31.1 Å². The van der Waals surface area contributed by atoms with Gasteiger partial charge in [-0.3, -0.25) is 0 Å². The van der Waals surface area contributed by atoms with Crippen molar-refractivity contribution in [3.05, 3.63) is 28.3 Å². The highest BCUT2D eigenvalue weighted by atomic mass is 35.5. The Hall–Kier alpha value is -0.770. The Morgan fingerprint density at radius 2 is 2.06 bits per heavy atom. The van der Waals surface area contributed by atoms with Gasteiger partial charge in [0.2, 0.25) is 0 Å². The van der Waals surface area contributed by atoms with Crippen LogP contribution in [-0.2, 0) is 0 Å². The highest BCUT2D eigenvalue weighted by molar-refractivity contribution is 6.31. The molecule has 3 nitrogen and oxygen atoms in total. The van der Waals surface area contributed by atoms with Gasteiger partial charge in [0.05, 0.1) is 13.2 Å². The van der Waals surface area contributed by atoms with E-state index in [0.29, 0.717) is 23.4 Å². The van der Waals surface area contributed by atoms with E-state index in [1.807, 2.05) is 26.8 Å². The van der Waals surface area contributed by atoms with Crippen LogP contribution in [0.3, 0.4) is 0 Å². The molecule has 0 aliphatic heterocycles. The molecule has 96 valence electrons. The standard InChI is InChI=1S/C13H20ClNO2/c1-8(2)15-7-12(16)10-6-11(14)9(3)5-13(10)17-4/h5-6,8,12,15-16H,7H2,1-4H3. The third-order valence-electron chi connectivity index (χ3n) is 2.59. The molecule has 4 heteroatoms. The molecule has 2 N–H and O–H groups in total. The second-order valence-corrected chi connectivity index (χ2v) is 4.83. The smallest absolute Gasteiger partial charge is 0.125 e. The fourth-order valence-electron chi connectivity index (χ4n) is 1.56. The van der Waals surface area contributed by atoms with Crippen LogP contribution in [-0.4, -0.2) is 24.8 Å². The van der Waals surface area contributed by atoms with Crippen molar-refractivity contribution in [3.8, 4) is 5.75 Å². The summed E-state index contributed by atoms with van der Waals surface area (Å²) in [4.78, 5) is 0. The normalized spacial score (nSPS) is 12.9. The van der Waals surface area contributed by atoms with Crippen LogP contribution in [0.2, 0.25) is 5.02 Å². The molecule has 0 saturated heterocycles. The first-order valence-electron chi connectivity index (χ1n) is 5.71. The monoisotopic (exact) mass is 257 g/mol. The van der Waals surface area contributed by atoms with Gasteiger partial charge in [0.25, 0.3) is 0 Å². The number of hydrogen-bond donors (Lipinski definition) is 2. The fourth-order valence-corrected chi connectivity index (χ4v) is 1.74. The molecule has 0 heterocycles. The maximum absolute atomic E-state index is 10.1. The van der Waals surface area contributed by atoms with Gasteiger partial charge >= 0.3 is 0 Å². The highest BCUT2D eigenvalue weighted by Gasteiger charge is 2.15. The first-order valence-corrected chi connectivity index (χ1v) is 6.09. The van der Waals surface area contributed by atoms with E-state index in [4.69, 9.17) is 16.3 Å².